The van der Waals surface area contributed by atoms with E-state index in [1.54, 1.807) is 7.11 Å². The van der Waals surface area contributed by atoms with Gasteiger partial charge in [-0.15, -0.1) is 0 Å². The molecule has 0 atom stereocenters. The predicted molar refractivity (Wildman–Crippen MR) is 87.1 cm³/mol. The lowest BCUT2D eigenvalue weighted by atomic mass is 10.1. The number of carbonyl (C=O) groups is 1. The number of amides is 1. The molecule has 7 heteroatoms. The number of ether oxygens (including phenoxy) is 1. The van der Waals surface area contributed by atoms with Crippen LogP contribution < -0.4 is 10.1 Å². The highest BCUT2D eigenvalue weighted by Gasteiger charge is 2.15. The lowest BCUT2D eigenvalue weighted by Gasteiger charge is -2.09. The monoisotopic (exact) mass is 334 g/mol. The summed E-state index contributed by atoms with van der Waals surface area (Å²) in [7, 11) is 1.58. The molecule has 0 aliphatic rings. The third kappa shape index (κ3) is 4.20. The van der Waals surface area contributed by atoms with Crippen molar-refractivity contribution in [3.05, 3.63) is 68.7 Å². The maximum absolute atomic E-state index is 12.1. The van der Waals surface area contributed by atoms with Crippen molar-refractivity contribution >= 4 is 23.2 Å². The van der Waals surface area contributed by atoms with Crippen molar-refractivity contribution in [1.29, 1.82) is 0 Å². The molecule has 2 aromatic carbocycles. The molecule has 0 aliphatic heterocycles. The van der Waals surface area contributed by atoms with Crippen LogP contribution in [0.2, 0.25) is 5.02 Å². The summed E-state index contributed by atoms with van der Waals surface area (Å²) in [4.78, 5) is 22.3. The number of methoxy groups -OCH3 is 1. The summed E-state index contributed by atoms with van der Waals surface area (Å²) in [6, 6.07) is 11.3. The van der Waals surface area contributed by atoms with Crippen LogP contribution in [-0.4, -0.2) is 24.5 Å². The van der Waals surface area contributed by atoms with Gasteiger partial charge in [-0.2, -0.15) is 0 Å². The Bertz CT molecular complexity index is 734. The molecule has 6 nitrogen and oxygen atoms in total. The zero-order chi connectivity index (χ0) is 16.8. The van der Waals surface area contributed by atoms with Crippen LogP contribution in [0.3, 0.4) is 0 Å². The Morgan fingerprint density at radius 1 is 1.30 bits per heavy atom. The molecule has 23 heavy (non-hydrogen) atoms. The molecule has 0 fully saturated rings. The highest BCUT2D eigenvalue weighted by atomic mass is 35.5. The second kappa shape index (κ2) is 7.60. The number of benzene rings is 2. The number of hydrogen-bond acceptors (Lipinski definition) is 4. The number of nitro groups is 1. The summed E-state index contributed by atoms with van der Waals surface area (Å²) >= 11 is 5.94. The summed E-state index contributed by atoms with van der Waals surface area (Å²) in [5.74, 6) is 0.295. The number of non-ortho nitro benzene ring substituents is 1. The number of nitrogens with one attached hydrogen (secondary N) is 1. The van der Waals surface area contributed by atoms with Gasteiger partial charge >= 0.3 is 0 Å². The molecule has 0 unspecified atom stereocenters. The molecule has 0 bridgehead atoms. The normalized spacial score (nSPS) is 10.2. The maximum Gasteiger partial charge on any atom is 0.270 e. The van der Waals surface area contributed by atoms with Gasteiger partial charge in [0.2, 0.25) is 0 Å². The van der Waals surface area contributed by atoms with Crippen molar-refractivity contribution < 1.29 is 14.5 Å². The van der Waals surface area contributed by atoms with Crippen LogP contribution in [0.4, 0.5) is 5.69 Å². The molecule has 0 radical (unpaired) electrons. The Morgan fingerprint density at radius 2 is 2.04 bits per heavy atom. The maximum atomic E-state index is 12.1. The Morgan fingerprint density at radius 3 is 2.74 bits per heavy atom. The number of nitrogens with zero attached hydrogens (tertiary/aromatic N) is 1. The Balaban J connectivity index is 2.03. The van der Waals surface area contributed by atoms with E-state index < -0.39 is 10.8 Å². The van der Waals surface area contributed by atoms with Crippen molar-refractivity contribution in [3.63, 3.8) is 0 Å². The van der Waals surface area contributed by atoms with E-state index in [1.807, 2.05) is 24.3 Å². The SMILES string of the molecule is COc1ccccc1CCNC(=O)c1cc([N+](=O)[O-])ccc1Cl. The zero-order valence-electron chi connectivity index (χ0n) is 12.4. The minimum atomic E-state index is -0.568. The predicted octanol–water partition coefficient (Wildman–Crippen LogP) is 3.23. The van der Waals surface area contributed by atoms with Crippen molar-refractivity contribution in [2.75, 3.05) is 13.7 Å². The minimum Gasteiger partial charge on any atom is -0.496 e. The van der Waals surface area contributed by atoms with Gasteiger partial charge in [0, 0.05) is 18.7 Å². The van der Waals surface area contributed by atoms with Crippen LogP contribution in [0.25, 0.3) is 0 Å². The van der Waals surface area contributed by atoms with E-state index in [4.69, 9.17) is 16.3 Å². The van der Waals surface area contributed by atoms with Gasteiger partial charge < -0.3 is 10.1 Å². The van der Waals surface area contributed by atoms with Gasteiger partial charge in [-0.25, -0.2) is 0 Å². The fourth-order valence-corrected chi connectivity index (χ4v) is 2.32. The Labute approximate surface area is 138 Å². The number of rotatable bonds is 6. The van der Waals surface area contributed by atoms with Crippen LogP contribution in [0.5, 0.6) is 5.75 Å². The molecule has 1 amide bonds. The quantitative estimate of drug-likeness (QED) is 0.649. The summed E-state index contributed by atoms with van der Waals surface area (Å²) in [6.45, 7) is 0.359. The lowest BCUT2D eigenvalue weighted by Crippen LogP contribution is -2.26. The van der Waals surface area contributed by atoms with Gasteiger partial charge in [-0.3, -0.25) is 14.9 Å². The van der Waals surface area contributed by atoms with Crippen LogP contribution in [-0.2, 0) is 6.42 Å². The smallest absolute Gasteiger partial charge is 0.270 e. The van der Waals surface area contributed by atoms with Gasteiger partial charge in [0.05, 0.1) is 22.6 Å². The second-order valence-corrected chi connectivity index (χ2v) is 5.15. The lowest BCUT2D eigenvalue weighted by molar-refractivity contribution is -0.384. The van der Waals surface area contributed by atoms with Crippen LogP contribution in [0.1, 0.15) is 15.9 Å². The van der Waals surface area contributed by atoms with Crippen LogP contribution in [0, 0.1) is 10.1 Å². The molecular formula is C16H15ClN2O4. The van der Waals surface area contributed by atoms with Gasteiger partial charge in [0.25, 0.3) is 11.6 Å². The first-order chi connectivity index (χ1) is 11.0. The first-order valence-electron chi connectivity index (χ1n) is 6.87. The second-order valence-electron chi connectivity index (χ2n) is 4.74. The Hall–Kier alpha value is -2.60. The summed E-state index contributed by atoms with van der Waals surface area (Å²) in [5.41, 5.74) is 0.866. The molecule has 1 N–H and O–H groups in total. The van der Waals surface area contributed by atoms with Crippen LogP contribution >= 0.6 is 11.6 Å². The number of nitro benzene ring substituents is 1. The van der Waals surface area contributed by atoms with Crippen LogP contribution in [0.15, 0.2) is 42.5 Å². The third-order valence-corrected chi connectivity index (χ3v) is 3.61. The van der Waals surface area contributed by atoms with E-state index in [-0.39, 0.29) is 16.3 Å². The van der Waals surface area contributed by atoms with E-state index in [2.05, 4.69) is 5.32 Å². The molecule has 2 rings (SSSR count). The van der Waals surface area contributed by atoms with Gasteiger partial charge in [-0.1, -0.05) is 29.8 Å². The van der Waals surface area contributed by atoms with E-state index in [9.17, 15) is 14.9 Å². The van der Waals surface area contributed by atoms with E-state index in [0.29, 0.717) is 13.0 Å². The summed E-state index contributed by atoms with van der Waals surface area (Å²) < 4.78 is 5.24. The fourth-order valence-electron chi connectivity index (χ4n) is 2.12. The standard InChI is InChI=1S/C16H15ClN2O4/c1-23-15-5-3-2-4-11(15)8-9-18-16(20)13-10-12(19(21)22)6-7-14(13)17/h2-7,10H,8-9H2,1H3,(H,18,20). The number of carbonyl (C=O) groups excluding carboxylic acids is 1. The topological polar surface area (TPSA) is 81.5 Å². The largest absolute Gasteiger partial charge is 0.496 e. The molecular weight excluding hydrogens is 320 g/mol. The van der Waals surface area contributed by atoms with E-state index in [1.165, 1.54) is 18.2 Å². The highest BCUT2D eigenvalue weighted by Crippen LogP contribution is 2.22. The molecule has 0 saturated carbocycles. The number of hydrogen-bond donors (Lipinski definition) is 1. The highest BCUT2D eigenvalue weighted by molar-refractivity contribution is 6.33. The number of halogens is 1. The van der Waals surface area contributed by atoms with Crippen molar-refractivity contribution in [3.8, 4) is 5.75 Å². The van der Waals surface area contributed by atoms with Crippen molar-refractivity contribution in [2.24, 2.45) is 0 Å². The number of para-hydroxylation sites is 1. The van der Waals surface area contributed by atoms with E-state index in [0.717, 1.165) is 11.3 Å². The molecule has 0 aromatic heterocycles. The summed E-state index contributed by atoms with van der Waals surface area (Å²) in [5, 5.41) is 13.6. The first-order valence-corrected chi connectivity index (χ1v) is 7.24. The molecule has 0 saturated heterocycles. The molecule has 0 spiro atoms. The molecule has 0 heterocycles. The fraction of sp³-hybridized carbons (Fsp3) is 0.188. The summed E-state index contributed by atoms with van der Waals surface area (Å²) in [6.07, 6.45) is 0.572. The minimum absolute atomic E-state index is 0.0842. The van der Waals surface area contributed by atoms with Gasteiger partial charge in [0.1, 0.15) is 5.75 Å². The van der Waals surface area contributed by atoms with Crippen molar-refractivity contribution in [2.45, 2.75) is 6.42 Å². The molecule has 2 aromatic rings. The third-order valence-electron chi connectivity index (χ3n) is 3.28. The van der Waals surface area contributed by atoms with Gasteiger partial charge in [-0.05, 0) is 24.1 Å². The van der Waals surface area contributed by atoms with E-state index >= 15 is 0 Å². The van der Waals surface area contributed by atoms with Crippen molar-refractivity contribution in [1.82, 2.24) is 5.32 Å². The average Bonchev–Trinajstić information content (AvgIpc) is 2.55. The zero-order valence-corrected chi connectivity index (χ0v) is 13.2. The van der Waals surface area contributed by atoms with Gasteiger partial charge in [0.15, 0.2) is 0 Å². The molecule has 120 valence electrons. The Kier molecular flexibility index (Phi) is 5.54. The first kappa shape index (κ1) is 16.8. The molecule has 0 aliphatic carbocycles. The average molecular weight is 335 g/mol.